The van der Waals surface area contributed by atoms with Crippen LogP contribution in [0, 0.1) is 18.8 Å². The molecule has 4 rings (SSSR count). The van der Waals surface area contributed by atoms with Gasteiger partial charge in [0.2, 0.25) is 17.6 Å². The van der Waals surface area contributed by atoms with Crippen molar-refractivity contribution in [2.45, 2.75) is 46.2 Å². The fraction of sp³-hybridized carbons (Fsp3) is 0.458. The number of benzene rings is 1. The molecule has 31 heavy (non-hydrogen) atoms. The molecule has 1 aromatic carbocycles. The molecular weight excluding hydrogens is 408 g/mol. The smallest absolute Gasteiger partial charge is 0.241 e. The van der Waals surface area contributed by atoms with Gasteiger partial charge in [-0.25, -0.2) is 0 Å². The summed E-state index contributed by atoms with van der Waals surface area (Å²) < 4.78 is 5.46. The van der Waals surface area contributed by atoms with E-state index in [4.69, 9.17) is 4.52 Å². The van der Waals surface area contributed by atoms with E-state index in [2.05, 4.69) is 53.3 Å². The Labute approximate surface area is 187 Å². The van der Waals surface area contributed by atoms with Crippen LogP contribution >= 0.6 is 11.3 Å². The number of nitrogens with one attached hydrogen (secondary N) is 1. The lowest BCUT2D eigenvalue weighted by Crippen LogP contribution is -2.44. The molecule has 1 aliphatic heterocycles. The fourth-order valence-corrected chi connectivity index (χ4v) is 4.89. The number of amides is 1. The molecule has 2 atom stereocenters. The van der Waals surface area contributed by atoms with Crippen molar-refractivity contribution in [2.24, 2.45) is 11.8 Å². The third kappa shape index (κ3) is 5.22. The van der Waals surface area contributed by atoms with Crippen molar-refractivity contribution in [3.8, 4) is 10.7 Å². The van der Waals surface area contributed by atoms with Crippen LogP contribution in [0.3, 0.4) is 0 Å². The van der Waals surface area contributed by atoms with E-state index in [0.717, 1.165) is 24.3 Å². The van der Waals surface area contributed by atoms with E-state index in [9.17, 15) is 4.79 Å². The van der Waals surface area contributed by atoms with Crippen LogP contribution in [0.25, 0.3) is 10.7 Å². The van der Waals surface area contributed by atoms with E-state index in [1.54, 1.807) is 11.3 Å². The van der Waals surface area contributed by atoms with Gasteiger partial charge in [0.25, 0.3) is 0 Å². The van der Waals surface area contributed by atoms with E-state index >= 15 is 0 Å². The minimum absolute atomic E-state index is 0.0216. The molecule has 1 saturated heterocycles. The zero-order chi connectivity index (χ0) is 21.8. The second-order valence-corrected chi connectivity index (χ2v) is 9.60. The van der Waals surface area contributed by atoms with Crippen LogP contribution in [0.1, 0.15) is 49.7 Å². The lowest BCUT2D eigenvalue weighted by atomic mass is 9.91. The van der Waals surface area contributed by atoms with Gasteiger partial charge >= 0.3 is 0 Å². The van der Waals surface area contributed by atoms with Gasteiger partial charge in [0.05, 0.1) is 23.4 Å². The number of carbonyl (C=O) groups excluding carboxylic acids is 1. The Balaban J connectivity index is 1.38. The van der Waals surface area contributed by atoms with E-state index in [0.29, 0.717) is 30.7 Å². The van der Waals surface area contributed by atoms with Crippen molar-refractivity contribution in [3.63, 3.8) is 0 Å². The number of hydrogen-bond donors (Lipinski definition) is 1. The van der Waals surface area contributed by atoms with Crippen molar-refractivity contribution in [1.29, 1.82) is 0 Å². The summed E-state index contributed by atoms with van der Waals surface area (Å²) in [5, 5.41) is 9.43. The Bertz CT molecular complexity index is 999. The Morgan fingerprint density at radius 1 is 1.29 bits per heavy atom. The van der Waals surface area contributed by atoms with Crippen LogP contribution in [-0.4, -0.2) is 34.0 Å². The maximum Gasteiger partial charge on any atom is 0.241 e. The first kappa shape index (κ1) is 21.7. The van der Waals surface area contributed by atoms with E-state index < -0.39 is 0 Å². The molecule has 0 radical (unpaired) electrons. The Morgan fingerprint density at radius 2 is 2.13 bits per heavy atom. The third-order valence-corrected chi connectivity index (χ3v) is 6.80. The minimum Gasteiger partial charge on any atom is -0.349 e. The quantitative estimate of drug-likeness (QED) is 0.572. The van der Waals surface area contributed by atoms with Gasteiger partial charge < -0.3 is 9.84 Å². The molecule has 0 bridgehead atoms. The number of likely N-dealkylation sites (tertiary alicyclic amines) is 1. The van der Waals surface area contributed by atoms with Gasteiger partial charge in [0.1, 0.15) is 0 Å². The average molecular weight is 439 g/mol. The third-order valence-electron chi connectivity index (χ3n) is 5.93. The number of rotatable bonds is 7. The predicted molar refractivity (Wildman–Crippen MR) is 123 cm³/mol. The van der Waals surface area contributed by atoms with Crippen molar-refractivity contribution >= 4 is 17.2 Å². The number of aryl methyl sites for hydroxylation is 1. The lowest BCUT2D eigenvalue weighted by Gasteiger charge is -2.33. The second kappa shape index (κ2) is 9.75. The Hall–Kier alpha value is -2.51. The maximum atomic E-state index is 13.2. The first-order chi connectivity index (χ1) is 15.0. The Kier molecular flexibility index (Phi) is 6.83. The van der Waals surface area contributed by atoms with Crippen LogP contribution in [0.4, 0.5) is 0 Å². The monoisotopic (exact) mass is 438 g/mol. The highest BCUT2D eigenvalue weighted by molar-refractivity contribution is 7.13. The zero-order valence-corrected chi connectivity index (χ0v) is 19.2. The first-order valence-corrected chi connectivity index (χ1v) is 11.8. The van der Waals surface area contributed by atoms with Crippen molar-refractivity contribution in [3.05, 3.63) is 58.8 Å². The number of carbonyl (C=O) groups is 1. The molecule has 7 heteroatoms. The molecule has 6 nitrogen and oxygen atoms in total. The lowest BCUT2D eigenvalue weighted by molar-refractivity contribution is -0.128. The molecule has 1 amide bonds. The average Bonchev–Trinajstić information content (AvgIpc) is 3.44. The molecule has 3 aromatic rings. The molecular formula is C24H30N4O2S. The van der Waals surface area contributed by atoms with Gasteiger partial charge in [-0.3, -0.25) is 9.69 Å². The molecule has 0 aliphatic carbocycles. The van der Waals surface area contributed by atoms with Crippen LogP contribution in [0.2, 0.25) is 0 Å². The Morgan fingerprint density at radius 3 is 2.87 bits per heavy atom. The molecule has 0 saturated carbocycles. The van der Waals surface area contributed by atoms with Gasteiger partial charge in [0.15, 0.2) is 0 Å². The summed E-state index contributed by atoms with van der Waals surface area (Å²) in [5.74, 6) is 1.66. The van der Waals surface area contributed by atoms with Crippen LogP contribution in [0.5, 0.6) is 0 Å². The minimum atomic E-state index is -0.0290. The summed E-state index contributed by atoms with van der Waals surface area (Å²) in [6, 6.07) is 12.3. The van der Waals surface area contributed by atoms with Crippen molar-refractivity contribution in [1.82, 2.24) is 20.4 Å². The summed E-state index contributed by atoms with van der Waals surface area (Å²) in [6.45, 7) is 8.64. The van der Waals surface area contributed by atoms with Crippen LogP contribution in [-0.2, 0) is 11.3 Å². The van der Waals surface area contributed by atoms with Gasteiger partial charge in [-0.1, -0.05) is 49.3 Å². The van der Waals surface area contributed by atoms with Crippen LogP contribution in [0.15, 0.2) is 46.3 Å². The number of nitrogens with zero attached hydrogens (tertiary/aromatic N) is 3. The molecule has 1 N–H and O–H groups in total. The molecule has 2 unspecified atom stereocenters. The number of piperidine rings is 1. The summed E-state index contributed by atoms with van der Waals surface area (Å²) in [5.41, 5.74) is 2.41. The number of hydrogen-bond acceptors (Lipinski definition) is 6. The zero-order valence-electron chi connectivity index (χ0n) is 18.4. The first-order valence-electron chi connectivity index (χ1n) is 11.0. The van der Waals surface area contributed by atoms with Gasteiger partial charge in [0, 0.05) is 6.54 Å². The summed E-state index contributed by atoms with van der Waals surface area (Å²) >= 11 is 1.60. The predicted octanol–water partition coefficient (Wildman–Crippen LogP) is 4.83. The van der Waals surface area contributed by atoms with Gasteiger partial charge in [-0.05, 0) is 54.8 Å². The standard InChI is InChI=1S/C24H30N4O2S/c1-16(2)22(19-10-5-4-8-17(19)3)26-24(29)18-9-6-12-28(14-18)15-21-25-23(27-30-21)20-11-7-13-31-20/h4-5,7-8,10-11,13,16,18,22H,6,9,12,14-15H2,1-3H3,(H,26,29). The molecule has 1 aliphatic rings. The van der Waals surface area contributed by atoms with E-state index in [-0.39, 0.29) is 17.9 Å². The topological polar surface area (TPSA) is 71.3 Å². The summed E-state index contributed by atoms with van der Waals surface area (Å²) in [6.07, 6.45) is 1.89. The molecule has 164 valence electrons. The summed E-state index contributed by atoms with van der Waals surface area (Å²) in [7, 11) is 0. The van der Waals surface area contributed by atoms with Gasteiger partial charge in [-0.15, -0.1) is 11.3 Å². The fourth-order valence-electron chi connectivity index (χ4n) is 4.24. The SMILES string of the molecule is Cc1ccccc1C(NC(=O)C1CCCN(Cc2nc(-c3cccs3)no2)C1)C(C)C. The highest BCUT2D eigenvalue weighted by Crippen LogP contribution is 2.27. The maximum absolute atomic E-state index is 13.2. The van der Waals surface area contributed by atoms with Gasteiger partial charge in [-0.2, -0.15) is 4.98 Å². The highest BCUT2D eigenvalue weighted by atomic mass is 32.1. The molecule has 2 aromatic heterocycles. The molecule has 3 heterocycles. The number of aromatic nitrogens is 2. The second-order valence-electron chi connectivity index (χ2n) is 8.65. The normalized spacial score (nSPS) is 18.3. The van der Waals surface area contributed by atoms with E-state index in [1.165, 1.54) is 11.1 Å². The number of thiophene rings is 1. The highest BCUT2D eigenvalue weighted by Gasteiger charge is 2.29. The van der Waals surface area contributed by atoms with Crippen LogP contribution < -0.4 is 5.32 Å². The molecule has 0 spiro atoms. The van der Waals surface area contributed by atoms with Crippen molar-refractivity contribution < 1.29 is 9.32 Å². The molecule has 1 fully saturated rings. The van der Waals surface area contributed by atoms with E-state index in [1.807, 2.05) is 29.6 Å². The largest absolute Gasteiger partial charge is 0.349 e. The van der Waals surface area contributed by atoms with Crippen molar-refractivity contribution in [2.75, 3.05) is 13.1 Å². The summed E-state index contributed by atoms with van der Waals surface area (Å²) in [4.78, 5) is 20.9.